The van der Waals surface area contributed by atoms with Crippen LogP contribution in [-0.2, 0) is 4.79 Å². The number of carbonyl (C=O) groups is 1. The van der Waals surface area contributed by atoms with Gasteiger partial charge in [0.1, 0.15) is 12.7 Å². The number of oxazole rings is 1. The Morgan fingerprint density at radius 1 is 1.91 bits per heavy atom. The highest BCUT2D eigenvalue weighted by atomic mass is 32.2. The zero-order valence-corrected chi connectivity index (χ0v) is 6.72. The summed E-state index contributed by atoms with van der Waals surface area (Å²) in [6.45, 7) is 0. The third-order valence-electron chi connectivity index (χ3n) is 0.966. The van der Waals surface area contributed by atoms with E-state index in [1.54, 1.807) is 0 Å². The molecule has 0 bridgehead atoms. The second-order valence-electron chi connectivity index (χ2n) is 1.79. The van der Waals surface area contributed by atoms with Gasteiger partial charge < -0.3 is 10.2 Å². The Kier molecular flexibility index (Phi) is 2.53. The maximum absolute atomic E-state index is 10.3. The quantitative estimate of drug-likeness (QED) is 0.670. The van der Waals surface area contributed by atoms with Crippen LogP contribution in [0.2, 0.25) is 0 Å². The number of thioether (sulfide) groups is 1. The fraction of sp³-hybridized carbons (Fsp3) is 0.167. The summed E-state index contributed by atoms with van der Waals surface area (Å²) in [4.78, 5) is 14.3. The van der Waals surface area contributed by atoms with Crippen LogP contribution in [0, 0.1) is 6.42 Å². The predicted octanol–water partition coefficient (Wildman–Crippen LogP) is 0.434. The summed E-state index contributed by atoms with van der Waals surface area (Å²) in [6.07, 6.45) is 4.43. The Bertz CT molecular complexity index is 259. The van der Waals surface area contributed by atoms with Crippen LogP contribution < -0.4 is 5.73 Å². The molecule has 0 aromatic carbocycles. The predicted molar refractivity (Wildman–Crippen MR) is 40.9 cm³/mol. The molecule has 0 fully saturated rings. The fourth-order valence-corrected chi connectivity index (χ4v) is 0.916. The number of nitrogens with zero attached hydrogens (tertiary/aromatic N) is 1. The minimum absolute atomic E-state index is 0.460. The highest BCUT2D eigenvalue weighted by Gasteiger charge is 2.05. The van der Waals surface area contributed by atoms with E-state index in [4.69, 9.17) is 10.2 Å². The molecule has 1 rings (SSSR count). The van der Waals surface area contributed by atoms with E-state index >= 15 is 0 Å². The van der Waals surface area contributed by atoms with Crippen molar-refractivity contribution in [3.05, 3.63) is 18.4 Å². The van der Waals surface area contributed by atoms with Crippen molar-refractivity contribution >= 4 is 17.7 Å². The Morgan fingerprint density at radius 2 is 2.64 bits per heavy atom. The van der Waals surface area contributed by atoms with Crippen molar-refractivity contribution in [3.63, 3.8) is 0 Å². The lowest BCUT2D eigenvalue weighted by Crippen LogP contribution is -2.11. The SMILES string of the molecule is CSc1nc([CH]C(N)=O)co1. The molecule has 0 aliphatic rings. The highest BCUT2D eigenvalue weighted by molar-refractivity contribution is 7.98. The van der Waals surface area contributed by atoms with E-state index in [1.165, 1.54) is 24.4 Å². The van der Waals surface area contributed by atoms with E-state index in [0.717, 1.165) is 0 Å². The van der Waals surface area contributed by atoms with E-state index < -0.39 is 5.91 Å². The molecule has 5 heteroatoms. The Balaban J connectivity index is 2.65. The summed E-state index contributed by atoms with van der Waals surface area (Å²) < 4.78 is 4.93. The number of hydrogen-bond donors (Lipinski definition) is 1. The van der Waals surface area contributed by atoms with E-state index in [-0.39, 0.29) is 0 Å². The van der Waals surface area contributed by atoms with Crippen molar-refractivity contribution in [1.29, 1.82) is 0 Å². The average molecular weight is 171 g/mol. The minimum Gasteiger partial charge on any atom is -0.440 e. The monoisotopic (exact) mass is 171 g/mol. The topological polar surface area (TPSA) is 69.1 Å². The van der Waals surface area contributed by atoms with Gasteiger partial charge in [-0.15, -0.1) is 0 Å². The van der Waals surface area contributed by atoms with Crippen molar-refractivity contribution < 1.29 is 9.21 Å². The molecule has 1 amide bonds. The molecule has 0 atom stereocenters. The third-order valence-corrected chi connectivity index (χ3v) is 1.50. The minimum atomic E-state index is -0.522. The summed E-state index contributed by atoms with van der Waals surface area (Å²) >= 11 is 1.37. The molecule has 0 spiro atoms. The van der Waals surface area contributed by atoms with E-state index in [0.29, 0.717) is 10.9 Å². The molecule has 1 heterocycles. The van der Waals surface area contributed by atoms with Gasteiger partial charge in [-0.3, -0.25) is 4.79 Å². The van der Waals surface area contributed by atoms with Gasteiger partial charge in [-0.1, -0.05) is 11.8 Å². The molecular weight excluding hydrogens is 164 g/mol. The van der Waals surface area contributed by atoms with Crippen LogP contribution >= 0.6 is 11.8 Å². The molecule has 0 aliphatic carbocycles. The molecule has 0 aliphatic heterocycles. The van der Waals surface area contributed by atoms with Crippen LogP contribution in [-0.4, -0.2) is 17.1 Å². The second kappa shape index (κ2) is 3.43. The molecule has 4 nitrogen and oxygen atoms in total. The molecule has 1 radical (unpaired) electrons. The van der Waals surface area contributed by atoms with Gasteiger partial charge in [0.2, 0.25) is 5.91 Å². The largest absolute Gasteiger partial charge is 0.440 e. The average Bonchev–Trinajstić information content (AvgIpc) is 2.34. The summed E-state index contributed by atoms with van der Waals surface area (Å²) in [7, 11) is 0. The van der Waals surface area contributed by atoms with Gasteiger partial charge in [-0.25, -0.2) is 4.98 Å². The first kappa shape index (κ1) is 8.13. The standard InChI is InChI=1S/C6H7N2O2S/c1-11-6-8-4(3-10-6)2-5(7)9/h2-3H,1H3,(H2,7,9). The molecule has 1 aromatic rings. The van der Waals surface area contributed by atoms with Crippen LogP contribution in [0.25, 0.3) is 0 Å². The van der Waals surface area contributed by atoms with Crippen molar-refractivity contribution in [2.45, 2.75) is 5.22 Å². The van der Waals surface area contributed by atoms with E-state index in [1.807, 2.05) is 6.26 Å². The van der Waals surface area contributed by atoms with Crippen LogP contribution in [0.3, 0.4) is 0 Å². The highest BCUT2D eigenvalue weighted by Crippen LogP contribution is 2.13. The van der Waals surface area contributed by atoms with Gasteiger partial charge >= 0.3 is 0 Å². The van der Waals surface area contributed by atoms with Gasteiger partial charge in [0.15, 0.2) is 0 Å². The lowest BCUT2D eigenvalue weighted by Gasteiger charge is -1.84. The first-order valence-electron chi connectivity index (χ1n) is 2.86. The second-order valence-corrected chi connectivity index (χ2v) is 2.55. The molecule has 2 N–H and O–H groups in total. The molecule has 1 aromatic heterocycles. The zero-order valence-electron chi connectivity index (χ0n) is 5.90. The van der Waals surface area contributed by atoms with Crippen LogP contribution in [0.5, 0.6) is 0 Å². The van der Waals surface area contributed by atoms with Gasteiger partial charge in [0.05, 0.1) is 5.69 Å². The number of primary amides is 1. The maximum Gasteiger partial charge on any atom is 0.255 e. The van der Waals surface area contributed by atoms with Crippen LogP contribution in [0.1, 0.15) is 5.69 Å². The lowest BCUT2D eigenvalue weighted by molar-refractivity contribution is -0.114. The van der Waals surface area contributed by atoms with Gasteiger partial charge in [0.25, 0.3) is 5.22 Å². The number of nitrogens with two attached hydrogens (primary N) is 1. The molecule has 59 valence electrons. The lowest BCUT2D eigenvalue weighted by atomic mass is 10.3. The number of amides is 1. The Hall–Kier alpha value is -0.970. The van der Waals surface area contributed by atoms with Crippen molar-refractivity contribution in [2.75, 3.05) is 6.26 Å². The maximum atomic E-state index is 10.3. The molecule has 11 heavy (non-hydrogen) atoms. The Labute approximate surface area is 68.2 Å². The summed E-state index contributed by atoms with van der Waals surface area (Å²) in [5, 5.41) is 0.525. The van der Waals surface area contributed by atoms with E-state index in [9.17, 15) is 4.79 Å². The van der Waals surface area contributed by atoms with Gasteiger partial charge in [-0.2, -0.15) is 0 Å². The van der Waals surface area contributed by atoms with E-state index in [2.05, 4.69) is 4.98 Å². The normalized spacial score (nSPS) is 9.91. The summed E-state index contributed by atoms with van der Waals surface area (Å²) in [5.41, 5.74) is 5.35. The first-order valence-corrected chi connectivity index (χ1v) is 4.08. The first-order chi connectivity index (χ1) is 5.22. The number of rotatable bonds is 3. The van der Waals surface area contributed by atoms with Crippen molar-refractivity contribution in [1.82, 2.24) is 4.98 Å². The summed E-state index contributed by atoms with van der Waals surface area (Å²) in [6, 6.07) is 0. The van der Waals surface area contributed by atoms with Crippen LogP contribution in [0.15, 0.2) is 15.9 Å². The van der Waals surface area contributed by atoms with Gasteiger partial charge in [0, 0.05) is 0 Å². The third kappa shape index (κ3) is 2.27. The van der Waals surface area contributed by atoms with Crippen molar-refractivity contribution in [3.8, 4) is 0 Å². The number of hydrogen-bond acceptors (Lipinski definition) is 4. The fourth-order valence-electron chi connectivity index (χ4n) is 0.575. The smallest absolute Gasteiger partial charge is 0.255 e. The van der Waals surface area contributed by atoms with Crippen LogP contribution in [0.4, 0.5) is 0 Å². The Morgan fingerprint density at radius 3 is 3.09 bits per heavy atom. The molecule has 0 saturated heterocycles. The molecule has 0 unspecified atom stereocenters. The molecule has 0 saturated carbocycles. The van der Waals surface area contributed by atoms with Gasteiger partial charge in [-0.05, 0) is 6.26 Å². The summed E-state index contributed by atoms with van der Waals surface area (Å²) in [5.74, 6) is -0.522. The zero-order chi connectivity index (χ0) is 8.27. The van der Waals surface area contributed by atoms with Crippen molar-refractivity contribution in [2.24, 2.45) is 5.73 Å². The number of carbonyl (C=O) groups excluding carboxylic acids is 1. The number of aromatic nitrogens is 1. The molecular formula is C6H7N2O2S.